The first-order valence-electron chi connectivity index (χ1n) is 7.61. The second-order valence-electron chi connectivity index (χ2n) is 6.44. The van der Waals surface area contributed by atoms with Crippen LogP contribution in [0.2, 0.25) is 0 Å². The molecule has 1 aliphatic rings. The van der Waals surface area contributed by atoms with Gasteiger partial charge in [-0.2, -0.15) is 0 Å². The monoisotopic (exact) mass is 310 g/mol. The second-order valence-corrected chi connectivity index (χ2v) is 8.12. The van der Waals surface area contributed by atoms with Crippen molar-refractivity contribution in [3.8, 4) is 0 Å². The van der Waals surface area contributed by atoms with E-state index in [4.69, 9.17) is 5.73 Å². The standard InChI is InChI=1S/C16H26N2O2S/c1-12-8-13(2)10-15(9-12)21(19,20)18-16(11-17)7-5-4-6-14(16)3/h8-10,14,18H,4-7,11,17H2,1-3H3. The molecule has 0 radical (unpaired) electrons. The molecule has 0 spiro atoms. The maximum atomic E-state index is 12.7. The first kappa shape index (κ1) is 16.5. The van der Waals surface area contributed by atoms with Gasteiger partial charge in [-0.3, -0.25) is 0 Å². The topological polar surface area (TPSA) is 72.2 Å². The van der Waals surface area contributed by atoms with Gasteiger partial charge in [0.15, 0.2) is 0 Å². The van der Waals surface area contributed by atoms with Gasteiger partial charge in [0.25, 0.3) is 0 Å². The highest BCUT2D eigenvalue weighted by Crippen LogP contribution is 2.34. The van der Waals surface area contributed by atoms with Crippen LogP contribution in [0.1, 0.15) is 43.7 Å². The molecule has 2 rings (SSSR count). The highest BCUT2D eigenvalue weighted by atomic mass is 32.2. The SMILES string of the molecule is Cc1cc(C)cc(S(=O)(=O)NC2(CN)CCCCC2C)c1. The van der Waals surface area contributed by atoms with Crippen LogP contribution in [0.25, 0.3) is 0 Å². The van der Waals surface area contributed by atoms with Crippen LogP contribution in [0.15, 0.2) is 23.1 Å². The summed E-state index contributed by atoms with van der Waals surface area (Å²) in [5.41, 5.74) is 7.35. The van der Waals surface area contributed by atoms with Crippen LogP contribution in [0.4, 0.5) is 0 Å². The summed E-state index contributed by atoms with van der Waals surface area (Å²) in [4.78, 5) is 0.339. The van der Waals surface area contributed by atoms with Gasteiger partial charge in [0, 0.05) is 12.1 Å². The molecular weight excluding hydrogens is 284 g/mol. The van der Waals surface area contributed by atoms with E-state index in [-0.39, 0.29) is 5.92 Å². The summed E-state index contributed by atoms with van der Waals surface area (Å²) >= 11 is 0. The Morgan fingerprint density at radius 2 is 1.86 bits per heavy atom. The van der Waals surface area contributed by atoms with Crippen LogP contribution in [-0.4, -0.2) is 20.5 Å². The first-order chi connectivity index (χ1) is 9.79. The van der Waals surface area contributed by atoms with Gasteiger partial charge in [0.1, 0.15) is 0 Å². The molecule has 0 aliphatic heterocycles. The lowest BCUT2D eigenvalue weighted by Crippen LogP contribution is -2.58. The summed E-state index contributed by atoms with van der Waals surface area (Å²) in [6.07, 6.45) is 4.01. The highest BCUT2D eigenvalue weighted by Gasteiger charge is 2.40. The normalized spacial score (nSPS) is 26.8. The Labute approximate surface area is 128 Å². The Kier molecular flexibility index (Phi) is 4.76. The number of rotatable bonds is 4. The molecule has 2 unspecified atom stereocenters. The molecule has 0 heterocycles. The number of hydrogen-bond acceptors (Lipinski definition) is 3. The summed E-state index contributed by atoms with van der Waals surface area (Å²) in [6, 6.07) is 5.40. The quantitative estimate of drug-likeness (QED) is 0.897. The maximum Gasteiger partial charge on any atom is 0.241 e. The van der Waals surface area contributed by atoms with E-state index in [2.05, 4.69) is 11.6 Å². The molecule has 5 heteroatoms. The summed E-state index contributed by atoms with van der Waals surface area (Å²) in [5, 5.41) is 0. The molecule has 1 aromatic carbocycles. The fourth-order valence-electron chi connectivity index (χ4n) is 3.32. The molecule has 0 saturated heterocycles. The summed E-state index contributed by atoms with van der Waals surface area (Å²) in [7, 11) is -3.54. The van der Waals surface area contributed by atoms with E-state index in [0.29, 0.717) is 11.4 Å². The number of nitrogens with two attached hydrogens (primary N) is 1. The summed E-state index contributed by atoms with van der Waals surface area (Å²) in [5.74, 6) is 0.261. The number of sulfonamides is 1. The van der Waals surface area contributed by atoms with Gasteiger partial charge < -0.3 is 5.73 Å². The molecule has 1 aliphatic carbocycles. The predicted molar refractivity (Wildman–Crippen MR) is 85.7 cm³/mol. The molecule has 21 heavy (non-hydrogen) atoms. The molecule has 0 bridgehead atoms. The minimum absolute atomic E-state index is 0.261. The van der Waals surface area contributed by atoms with Gasteiger partial charge in [-0.15, -0.1) is 0 Å². The molecule has 0 aromatic heterocycles. The molecular formula is C16H26N2O2S. The van der Waals surface area contributed by atoms with Crippen LogP contribution >= 0.6 is 0 Å². The van der Waals surface area contributed by atoms with Crippen molar-refractivity contribution in [1.82, 2.24) is 4.72 Å². The van der Waals surface area contributed by atoms with E-state index in [1.165, 1.54) is 0 Å². The Bertz CT molecular complexity index is 592. The molecule has 1 fully saturated rings. The van der Waals surface area contributed by atoms with E-state index in [9.17, 15) is 8.42 Å². The van der Waals surface area contributed by atoms with Crippen molar-refractivity contribution in [1.29, 1.82) is 0 Å². The van der Waals surface area contributed by atoms with E-state index in [1.807, 2.05) is 19.9 Å². The fraction of sp³-hybridized carbons (Fsp3) is 0.625. The minimum Gasteiger partial charge on any atom is -0.329 e. The van der Waals surface area contributed by atoms with Crippen LogP contribution in [-0.2, 0) is 10.0 Å². The van der Waals surface area contributed by atoms with Crippen LogP contribution in [0.3, 0.4) is 0 Å². The first-order valence-corrected chi connectivity index (χ1v) is 9.10. The third-order valence-electron chi connectivity index (χ3n) is 4.66. The molecule has 1 saturated carbocycles. The van der Waals surface area contributed by atoms with Crippen molar-refractivity contribution in [2.24, 2.45) is 11.7 Å². The van der Waals surface area contributed by atoms with Gasteiger partial charge in [0.2, 0.25) is 10.0 Å². The Hall–Kier alpha value is -0.910. The average Bonchev–Trinajstić information content (AvgIpc) is 2.40. The predicted octanol–water partition coefficient (Wildman–Crippen LogP) is 2.49. The molecule has 3 N–H and O–H groups in total. The lowest BCUT2D eigenvalue weighted by Gasteiger charge is -2.42. The zero-order chi connectivity index (χ0) is 15.7. The zero-order valence-electron chi connectivity index (χ0n) is 13.1. The minimum atomic E-state index is -3.54. The van der Waals surface area contributed by atoms with Crippen LogP contribution < -0.4 is 10.5 Å². The largest absolute Gasteiger partial charge is 0.329 e. The molecule has 4 nitrogen and oxygen atoms in total. The van der Waals surface area contributed by atoms with E-state index in [1.54, 1.807) is 12.1 Å². The van der Waals surface area contributed by atoms with E-state index in [0.717, 1.165) is 36.8 Å². The van der Waals surface area contributed by atoms with Crippen molar-refractivity contribution >= 4 is 10.0 Å². The van der Waals surface area contributed by atoms with Gasteiger partial charge in [-0.25, -0.2) is 13.1 Å². The van der Waals surface area contributed by atoms with Gasteiger partial charge in [-0.1, -0.05) is 25.8 Å². The molecule has 118 valence electrons. The van der Waals surface area contributed by atoms with E-state index >= 15 is 0 Å². The van der Waals surface area contributed by atoms with Crippen LogP contribution in [0.5, 0.6) is 0 Å². The van der Waals surface area contributed by atoms with Crippen molar-refractivity contribution in [3.05, 3.63) is 29.3 Å². The number of benzene rings is 1. The Morgan fingerprint density at radius 3 is 2.38 bits per heavy atom. The Morgan fingerprint density at radius 1 is 1.24 bits per heavy atom. The lowest BCUT2D eigenvalue weighted by molar-refractivity contribution is 0.191. The molecule has 2 atom stereocenters. The summed E-state index contributed by atoms with van der Waals surface area (Å²) < 4.78 is 28.4. The van der Waals surface area contributed by atoms with Gasteiger partial charge >= 0.3 is 0 Å². The number of nitrogens with one attached hydrogen (secondary N) is 1. The van der Waals surface area contributed by atoms with Gasteiger partial charge in [0.05, 0.1) is 4.90 Å². The Balaban J connectivity index is 2.35. The van der Waals surface area contributed by atoms with Crippen LogP contribution in [0, 0.1) is 19.8 Å². The molecule has 0 amide bonds. The zero-order valence-corrected chi connectivity index (χ0v) is 14.0. The van der Waals surface area contributed by atoms with Crippen molar-refractivity contribution in [3.63, 3.8) is 0 Å². The van der Waals surface area contributed by atoms with Crippen molar-refractivity contribution in [2.75, 3.05) is 6.54 Å². The summed E-state index contributed by atoms with van der Waals surface area (Å²) in [6.45, 7) is 6.26. The third kappa shape index (κ3) is 3.47. The smallest absolute Gasteiger partial charge is 0.241 e. The number of aryl methyl sites for hydroxylation is 2. The van der Waals surface area contributed by atoms with Gasteiger partial charge in [-0.05, 0) is 55.9 Å². The van der Waals surface area contributed by atoms with Crippen molar-refractivity contribution < 1.29 is 8.42 Å². The third-order valence-corrected chi connectivity index (χ3v) is 6.19. The maximum absolute atomic E-state index is 12.7. The fourth-order valence-corrected chi connectivity index (χ4v) is 5.05. The lowest BCUT2D eigenvalue weighted by atomic mass is 9.74. The number of hydrogen-bond donors (Lipinski definition) is 2. The highest BCUT2D eigenvalue weighted by molar-refractivity contribution is 7.89. The van der Waals surface area contributed by atoms with Crippen molar-refractivity contribution in [2.45, 2.75) is 56.9 Å². The average molecular weight is 310 g/mol. The second kappa shape index (κ2) is 6.07. The molecule has 1 aromatic rings. The van der Waals surface area contributed by atoms with E-state index < -0.39 is 15.6 Å².